The number of hydrogen-bond donors (Lipinski definition) is 4. The zero-order valence-corrected chi connectivity index (χ0v) is 18.0. The molecule has 2 saturated heterocycles. The molecule has 2 fully saturated rings. The highest BCUT2D eigenvalue weighted by molar-refractivity contribution is 6.03. The van der Waals surface area contributed by atoms with Crippen LogP contribution >= 0.6 is 0 Å². The van der Waals surface area contributed by atoms with E-state index in [0.717, 1.165) is 5.69 Å². The van der Waals surface area contributed by atoms with Gasteiger partial charge < -0.3 is 26.0 Å². The van der Waals surface area contributed by atoms with Gasteiger partial charge in [-0.05, 0) is 30.7 Å². The summed E-state index contributed by atoms with van der Waals surface area (Å²) >= 11 is 0. The topological polar surface area (TPSA) is 160 Å². The van der Waals surface area contributed by atoms with E-state index in [0.29, 0.717) is 38.0 Å². The largest absolute Gasteiger partial charge is 0.446 e. The minimum atomic E-state index is -0.797. The fourth-order valence-corrected chi connectivity index (χ4v) is 3.61. The third-order valence-electron chi connectivity index (χ3n) is 5.41. The molecule has 0 bridgehead atoms. The Bertz CT molecular complexity index is 937. The van der Waals surface area contributed by atoms with Gasteiger partial charge in [0.05, 0.1) is 0 Å². The molecule has 0 saturated carbocycles. The number of hydrogen-bond acceptors (Lipinski definition) is 7. The van der Waals surface area contributed by atoms with Crippen LogP contribution in [0.15, 0.2) is 36.4 Å². The maximum absolute atomic E-state index is 12.3. The second-order valence-electron chi connectivity index (χ2n) is 7.80. The number of primary amides is 1. The maximum Gasteiger partial charge on any atom is 0.404 e. The van der Waals surface area contributed by atoms with E-state index in [1.54, 1.807) is 35.2 Å². The lowest BCUT2D eigenvalue weighted by molar-refractivity contribution is -0.134. The normalized spacial score (nSPS) is 19.2. The standard InChI is InChI=1S/C22H27N5O6/c23-22(32)33-16-9-12-27(13-10-16)19(29)2-1-11-24-15-5-3-14(4-6-15)20(30)25-17-7-8-18(28)26-21(17)31/h1-6,16-17,24H,7-13H2,(H2,23,32)(H,25,30)(H,26,28,31). The van der Waals surface area contributed by atoms with Gasteiger partial charge in [-0.2, -0.15) is 0 Å². The van der Waals surface area contributed by atoms with Gasteiger partial charge in [0.25, 0.3) is 5.91 Å². The van der Waals surface area contributed by atoms with Gasteiger partial charge in [-0.1, -0.05) is 6.08 Å². The average Bonchev–Trinajstić information content (AvgIpc) is 2.79. The number of imide groups is 1. The van der Waals surface area contributed by atoms with E-state index < -0.39 is 23.9 Å². The molecule has 1 aromatic carbocycles. The number of nitrogens with zero attached hydrogens (tertiary/aromatic N) is 1. The van der Waals surface area contributed by atoms with Gasteiger partial charge in [-0.15, -0.1) is 0 Å². The molecule has 2 aliphatic rings. The van der Waals surface area contributed by atoms with Crippen molar-refractivity contribution in [3.05, 3.63) is 42.0 Å². The number of piperidine rings is 2. The lowest BCUT2D eigenvalue weighted by Gasteiger charge is -2.30. The highest BCUT2D eigenvalue weighted by atomic mass is 16.6. The summed E-state index contributed by atoms with van der Waals surface area (Å²) in [5, 5.41) is 7.96. The Balaban J connectivity index is 1.39. The molecule has 1 aromatic rings. The van der Waals surface area contributed by atoms with Gasteiger partial charge in [-0.25, -0.2) is 4.79 Å². The second-order valence-corrected chi connectivity index (χ2v) is 7.80. The summed E-state index contributed by atoms with van der Waals surface area (Å²) < 4.78 is 4.95. The molecular weight excluding hydrogens is 430 g/mol. The van der Waals surface area contributed by atoms with E-state index in [4.69, 9.17) is 10.5 Å². The zero-order valence-electron chi connectivity index (χ0n) is 18.0. The first kappa shape index (κ1) is 23.8. The molecule has 0 spiro atoms. The summed E-state index contributed by atoms with van der Waals surface area (Å²) in [5.41, 5.74) is 6.16. The van der Waals surface area contributed by atoms with Crippen LogP contribution in [0.3, 0.4) is 0 Å². The van der Waals surface area contributed by atoms with Crippen LogP contribution in [-0.4, -0.2) is 66.4 Å². The maximum atomic E-state index is 12.3. The lowest BCUT2D eigenvalue weighted by atomic mass is 10.1. The van der Waals surface area contributed by atoms with Gasteiger partial charge in [0, 0.05) is 56.2 Å². The highest BCUT2D eigenvalue weighted by Crippen LogP contribution is 2.14. The number of ether oxygens (including phenoxy) is 1. The monoisotopic (exact) mass is 457 g/mol. The van der Waals surface area contributed by atoms with E-state index in [1.807, 2.05) is 0 Å². The SMILES string of the molecule is NC(=O)OC1CCN(C(=O)C=CCNc2ccc(C(=O)NC3CCC(=O)NC3=O)cc2)CC1. The first-order valence-corrected chi connectivity index (χ1v) is 10.7. The Hall–Kier alpha value is -3.89. The molecule has 5 amide bonds. The van der Waals surface area contributed by atoms with E-state index in [1.165, 1.54) is 6.08 Å². The summed E-state index contributed by atoms with van der Waals surface area (Å²) in [5.74, 6) is -1.35. The van der Waals surface area contributed by atoms with Gasteiger partial charge in [0.1, 0.15) is 12.1 Å². The second kappa shape index (κ2) is 11.1. The fourth-order valence-electron chi connectivity index (χ4n) is 3.61. The van der Waals surface area contributed by atoms with Crippen molar-refractivity contribution in [1.29, 1.82) is 0 Å². The molecule has 0 aromatic heterocycles. The van der Waals surface area contributed by atoms with Crippen LogP contribution in [0.25, 0.3) is 0 Å². The number of carbonyl (C=O) groups excluding carboxylic acids is 5. The number of rotatable bonds is 7. The van der Waals surface area contributed by atoms with E-state index in [9.17, 15) is 24.0 Å². The number of carbonyl (C=O) groups is 5. The molecule has 3 rings (SSSR count). The Kier molecular flexibility index (Phi) is 8.01. The number of likely N-dealkylation sites (tertiary alicyclic amines) is 1. The molecule has 1 atom stereocenters. The van der Waals surface area contributed by atoms with Gasteiger partial charge in [-0.3, -0.25) is 24.5 Å². The van der Waals surface area contributed by atoms with Crippen LogP contribution < -0.4 is 21.7 Å². The molecule has 2 heterocycles. The van der Waals surface area contributed by atoms with Crippen LogP contribution in [0.1, 0.15) is 36.0 Å². The predicted octanol–water partition coefficient (Wildman–Crippen LogP) is 0.276. The zero-order chi connectivity index (χ0) is 23.8. The molecule has 11 heteroatoms. The van der Waals surface area contributed by atoms with Crippen LogP contribution in [0, 0.1) is 0 Å². The van der Waals surface area contributed by atoms with Gasteiger partial charge >= 0.3 is 6.09 Å². The van der Waals surface area contributed by atoms with Crippen molar-refractivity contribution >= 4 is 35.4 Å². The van der Waals surface area contributed by atoms with Crippen molar-refractivity contribution in [2.45, 2.75) is 37.8 Å². The van der Waals surface area contributed by atoms with Crippen molar-refractivity contribution < 1.29 is 28.7 Å². The number of anilines is 1. The fraction of sp³-hybridized carbons (Fsp3) is 0.409. The summed E-state index contributed by atoms with van der Waals surface area (Å²) in [6, 6.07) is 5.96. The van der Waals surface area contributed by atoms with E-state index in [-0.39, 0.29) is 30.8 Å². The van der Waals surface area contributed by atoms with Crippen molar-refractivity contribution in [3.63, 3.8) is 0 Å². The van der Waals surface area contributed by atoms with Gasteiger partial charge in [0.15, 0.2) is 0 Å². The Morgan fingerprint density at radius 1 is 1.12 bits per heavy atom. The number of benzene rings is 1. The Morgan fingerprint density at radius 3 is 2.45 bits per heavy atom. The third kappa shape index (κ3) is 7.06. The van der Waals surface area contributed by atoms with Crippen LogP contribution in [0.2, 0.25) is 0 Å². The number of amides is 5. The predicted molar refractivity (Wildman–Crippen MR) is 118 cm³/mol. The summed E-state index contributed by atoms with van der Waals surface area (Å²) in [4.78, 5) is 60.0. The Morgan fingerprint density at radius 2 is 1.82 bits per heavy atom. The van der Waals surface area contributed by atoms with E-state index >= 15 is 0 Å². The van der Waals surface area contributed by atoms with Crippen LogP contribution in [0.5, 0.6) is 0 Å². The van der Waals surface area contributed by atoms with Crippen molar-refractivity contribution in [3.8, 4) is 0 Å². The van der Waals surface area contributed by atoms with Crippen LogP contribution in [0.4, 0.5) is 10.5 Å². The molecule has 11 nitrogen and oxygen atoms in total. The number of nitrogens with one attached hydrogen (secondary N) is 3. The summed E-state index contributed by atoms with van der Waals surface area (Å²) in [6.45, 7) is 1.41. The molecule has 33 heavy (non-hydrogen) atoms. The number of nitrogens with two attached hydrogens (primary N) is 1. The summed E-state index contributed by atoms with van der Waals surface area (Å²) in [7, 11) is 0. The van der Waals surface area contributed by atoms with Gasteiger partial charge in [0.2, 0.25) is 17.7 Å². The molecule has 176 valence electrons. The minimum absolute atomic E-state index is 0.116. The lowest BCUT2D eigenvalue weighted by Crippen LogP contribution is -2.52. The molecule has 1 unspecified atom stereocenters. The Labute approximate surface area is 190 Å². The van der Waals surface area contributed by atoms with Crippen molar-refractivity contribution in [2.24, 2.45) is 5.73 Å². The summed E-state index contributed by atoms with van der Waals surface area (Å²) in [6.07, 6.45) is 3.74. The molecule has 0 aliphatic carbocycles. The first-order valence-electron chi connectivity index (χ1n) is 10.7. The highest BCUT2D eigenvalue weighted by Gasteiger charge is 2.28. The minimum Gasteiger partial charge on any atom is -0.446 e. The molecule has 5 N–H and O–H groups in total. The van der Waals surface area contributed by atoms with Crippen LogP contribution in [-0.2, 0) is 19.1 Å². The first-order chi connectivity index (χ1) is 15.8. The molecular formula is C22H27N5O6. The molecule has 0 radical (unpaired) electrons. The average molecular weight is 457 g/mol. The van der Waals surface area contributed by atoms with Crippen molar-refractivity contribution in [2.75, 3.05) is 25.0 Å². The third-order valence-corrected chi connectivity index (χ3v) is 5.41. The molecule has 2 aliphatic heterocycles. The van der Waals surface area contributed by atoms with Crippen molar-refractivity contribution in [1.82, 2.24) is 15.5 Å². The smallest absolute Gasteiger partial charge is 0.404 e. The quantitative estimate of drug-likeness (QED) is 0.338. The van der Waals surface area contributed by atoms with E-state index in [2.05, 4.69) is 16.0 Å².